The topological polar surface area (TPSA) is 75.1 Å². The van der Waals surface area contributed by atoms with Crippen LogP contribution in [0.3, 0.4) is 0 Å². The fraction of sp³-hybridized carbons (Fsp3) is 0.308. The lowest BCUT2D eigenvalue weighted by Crippen LogP contribution is -2.33. The molecule has 0 fully saturated rings. The van der Waals surface area contributed by atoms with E-state index in [2.05, 4.69) is 14.9 Å². The molecule has 1 aromatic carbocycles. The molecular formula is C13H15N3O2S. The van der Waals surface area contributed by atoms with Crippen LogP contribution in [0.4, 0.5) is 0 Å². The summed E-state index contributed by atoms with van der Waals surface area (Å²) in [6, 6.07) is 7.16. The van der Waals surface area contributed by atoms with Crippen molar-refractivity contribution in [3.05, 3.63) is 40.9 Å². The van der Waals surface area contributed by atoms with E-state index in [0.717, 1.165) is 29.9 Å². The molecule has 19 heavy (non-hydrogen) atoms. The molecule has 1 amide bonds. The SMILES string of the molecule is C[C@@H](CCc1ccc(O)cc1)NC(=O)c1csnn1. The van der Waals surface area contributed by atoms with Crippen molar-refractivity contribution in [3.8, 4) is 5.75 Å². The first-order valence-corrected chi connectivity index (χ1v) is 6.84. The summed E-state index contributed by atoms with van der Waals surface area (Å²) in [5, 5.41) is 17.4. The molecule has 0 aliphatic carbocycles. The highest BCUT2D eigenvalue weighted by Crippen LogP contribution is 2.12. The number of hydrogen-bond donors (Lipinski definition) is 2. The molecule has 0 spiro atoms. The van der Waals surface area contributed by atoms with E-state index in [1.165, 1.54) is 0 Å². The molecule has 0 radical (unpaired) electrons. The number of amides is 1. The summed E-state index contributed by atoms with van der Waals surface area (Å²) in [6.07, 6.45) is 1.67. The Morgan fingerprint density at radius 1 is 1.42 bits per heavy atom. The molecule has 0 aliphatic rings. The number of carbonyl (C=O) groups is 1. The van der Waals surface area contributed by atoms with Gasteiger partial charge in [-0.05, 0) is 49.0 Å². The number of nitrogens with one attached hydrogen (secondary N) is 1. The van der Waals surface area contributed by atoms with Crippen LogP contribution in [0.2, 0.25) is 0 Å². The number of hydrogen-bond acceptors (Lipinski definition) is 5. The van der Waals surface area contributed by atoms with E-state index in [-0.39, 0.29) is 17.7 Å². The van der Waals surface area contributed by atoms with Gasteiger partial charge in [0.25, 0.3) is 5.91 Å². The monoisotopic (exact) mass is 277 g/mol. The maximum atomic E-state index is 11.7. The van der Waals surface area contributed by atoms with Crippen LogP contribution in [-0.2, 0) is 6.42 Å². The van der Waals surface area contributed by atoms with Gasteiger partial charge in [-0.1, -0.05) is 16.6 Å². The average molecular weight is 277 g/mol. The van der Waals surface area contributed by atoms with Crippen LogP contribution in [0.1, 0.15) is 29.4 Å². The molecule has 100 valence electrons. The minimum atomic E-state index is -0.188. The van der Waals surface area contributed by atoms with E-state index in [4.69, 9.17) is 0 Å². The molecule has 0 bridgehead atoms. The highest BCUT2D eigenvalue weighted by molar-refractivity contribution is 7.03. The van der Waals surface area contributed by atoms with Crippen LogP contribution in [0.15, 0.2) is 29.6 Å². The van der Waals surface area contributed by atoms with E-state index >= 15 is 0 Å². The number of phenolic OH excluding ortho intramolecular Hbond substituents is 1. The third kappa shape index (κ3) is 4.03. The van der Waals surface area contributed by atoms with Crippen molar-refractivity contribution in [2.24, 2.45) is 0 Å². The van der Waals surface area contributed by atoms with Crippen LogP contribution in [0.5, 0.6) is 5.75 Å². The van der Waals surface area contributed by atoms with Crippen molar-refractivity contribution in [3.63, 3.8) is 0 Å². The van der Waals surface area contributed by atoms with Crippen LogP contribution in [-0.4, -0.2) is 26.6 Å². The summed E-state index contributed by atoms with van der Waals surface area (Å²) in [4.78, 5) is 11.7. The number of aromatic nitrogens is 2. The molecule has 2 aromatic rings. The Hall–Kier alpha value is -1.95. The number of aryl methyl sites for hydroxylation is 1. The van der Waals surface area contributed by atoms with E-state index in [0.29, 0.717) is 5.69 Å². The lowest BCUT2D eigenvalue weighted by molar-refractivity contribution is 0.0933. The molecule has 1 aromatic heterocycles. The summed E-state index contributed by atoms with van der Waals surface area (Å²) < 4.78 is 3.66. The molecule has 5 nitrogen and oxygen atoms in total. The van der Waals surface area contributed by atoms with Gasteiger partial charge in [-0.25, -0.2) is 0 Å². The zero-order valence-electron chi connectivity index (χ0n) is 10.5. The van der Waals surface area contributed by atoms with Crippen molar-refractivity contribution in [1.82, 2.24) is 14.9 Å². The second-order valence-electron chi connectivity index (χ2n) is 4.37. The van der Waals surface area contributed by atoms with Gasteiger partial charge in [-0.15, -0.1) is 5.10 Å². The van der Waals surface area contributed by atoms with Gasteiger partial charge in [0.1, 0.15) is 5.75 Å². The maximum absolute atomic E-state index is 11.7. The minimum Gasteiger partial charge on any atom is -0.508 e. The van der Waals surface area contributed by atoms with Gasteiger partial charge < -0.3 is 10.4 Å². The number of nitrogens with zero attached hydrogens (tertiary/aromatic N) is 2. The first-order valence-electron chi connectivity index (χ1n) is 6.01. The predicted molar refractivity (Wildman–Crippen MR) is 73.3 cm³/mol. The van der Waals surface area contributed by atoms with E-state index in [1.54, 1.807) is 17.5 Å². The molecular weight excluding hydrogens is 262 g/mol. The molecule has 2 rings (SSSR count). The molecule has 0 saturated carbocycles. The van der Waals surface area contributed by atoms with Gasteiger partial charge in [0, 0.05) is 11.4 Å². The summed E-state index contributed by atoms with van der Waals surface area (Å²) in [7, 11) is 0. The van der Waals surface area contributed by atoms with Crippen LogP contribution < -0.4 is 5.32 Å². The quantitative estimate of drug-likeness (QED) is 0.876. The lowest BCUT2D eigenvalue weighted by atomic mass is 10.1. The Bertz CT molecular complexity index is 525. The minimum absolute atomic E-state index is 0.0583. The van der Waals surface area contributed by atoms with E-state index < -0.39 is 0 Å². The molecule has 1 heterocycles. The van der Waals surface area contributed by atoms with Crippen LogP contribution >= 0.6 is 11.5 Å². The molecule has 1 atom stereocenters. The highest BCUT2D eigenvalue weighted by atomic mass is 32.1. The first-order chi connectivity index (χ1) is 9.15. The molecule has 0 aliphatic heterocycles. The average Bonchev–Trinajstić information content (AvgIpc) is 2.92. The molecule has 0 unspecified atom stereocenters. The second-order valence-corrected chi connectivity index (χ2v) is 4.98. The van der Waals surface area contributed by atoms with Crippen molar-refractivity contribution in [1.29, 1.82) is 0 Å². The van der Waals surface area contributed by atoms with Crippen LogP contribution in [0, 0.1) is 0 Å². The van der Waals surface area contributed by atoms with Gasteiger partial charge >= 0.3 is 0 Å². The van der Waals surface area contributed by atoms with Gasteiger partial charge in [0.2, 0.25) is 0 Å². The summed E-state index contributed by atoms with van der Waals surface area (Å²) in [5.41, 5.74) is 1.50. The molecule has 6 heteroatoms. The number of carbonyl (C=O) groups excluding carboxylic acids is 1. The largest absolute Gasteiger partial charge is 0.508 e. The molecule has 0 saturated heterocycles. The first kappa shape index (κ1) is 13.5. The lowest BCUT2D eigenvalue weighted by Gasteiger charge is -2.12. The van der Waals surface area contributed by atoms with Crippen molar-refractivity contribution in [2.75, 3.05) is 0 Å². The Labute approximate surface area is 115 Å². The zero-order chi connectivity index (χ0) is 13.7. The van der Waals surface area contributed by atoms with Crippen molar-refractivity contribution < 1.29 is 9.90 Å². The van der Waals surface area contributed by atoms with Gasteiger partial charge in [0.05, 0.1) is 0 Å². The predicted octanol–water partition coefficient (Wildman–Crippen LogP) is 1.99. The fourth-order valence-electron chi connectivity index (χ4n) is 1.68. The Morgan fingerprint density at radius 2 is 2.16 bits per heavy atom. The Kier molecular flexibility index (Phi) is 4.46. The standard InChI is InChI=1S/C13H15N3O2S/c1-9(14-13(18)12-8-19-16-15-12)2-3-10-4-6-11(17)7-5-10/h4-9,17H,2-3H2,1H3,(H,14,18)/t9-/m0/s1. The van der Waals surface area contributed by atoms with Crippen molar-refractivity contribution in [2.45, 2.75) is 25.8 Å². The zero-order valence-corrected chi connectivity index (χ0v) is 11.4. The van der Waals surface area contributed by atoms with E-state index in [1.807, 2.05) is 19.1 Å². The number of rotatable bonds is 5. The van der Waals surface area contributed by atoms with Crippen molar-refractivity contribution >= 4 is 17.4 Å². The Morgan fingerprint density at radius 3 is 2.79 bits per heavy atom. The third-order valence-corrected chi connectivity index (χ3v) is 3.28. The number of benzene rings is 1. The fourth-order valence-corrected chi connectivity index (χ4v) is 2.12. The van der Waals surface area contributed by atoms with Gasteiger partial charge in [-0.2, -0.15) is 0 Å². The summed E-state index contributed by atoms with van der Waals surface area (Å²) in [5.74, 6) is 0.0769. The number of phenols is 1. The Balaban J connectivity index is 1.80. The normalized spacial score (nSPS) is 12.1. The van der Waals surface area contributed by atoms with E-state index in [9.17, 15) is 9.90 Å². The summed E-state index contributed by atoms with van der Waals surface area (Å²) >= 11 is 1.16. The highest BCUT2D eigenvalue weighted by Gasteiger charge is 2.12. The van der Waals surface area contributed by atoms with Crippen LogP contribution in [0.25, 0.3) is 0 Å². The third-order valence-electron chi connectivity index (χ3n) is 2.77. The second kappa shape index (κ2) is 6.29. The van der Waals surface area contributed by atoms with Gasteiger partial charge in [0.15, 0.2) is 5.69 Å². The molecule has 2 N–H and O–H groups in total. The summed E-state index contributed by atoms with van der Waals surface area (Å²) in [6.45, 7) is 1.96. The smallest absolute Gasteiger partial charge is 0.272 e. The number of aromatic hydroxyl groups is 1. The van der Waals surface area contributed by atoms with Gasteiger partial charge in [-0.3, -0.25) is 4.79 Å². The maximum Gasteiger partial charge on any atom is 0.272 e.